The van der Waals surface area contributed by atoms with Crippen LogP contribution in [0.4, 0.5) is 0 Å². The number of hydrogen-bond acceptors (Lipinski definition) is 7. The van der Waals surface area contributed by atoms with Gasteiger partial charge in [-0.3, -0.25) is 39.0 Å². The van der Waals surface area contributed by atoms with E-state index in [-0.39, 0.29) is 45.6 Å². The van der Waals surface area contributed by atoms with Crippen LogP contribution in [-0.4, -0.2) is 73.2 Å². The summed E-state index contributed by atoms with van der Waals surface area (Å²) in [5, 5.41) is 6.75. The molecule has 27 heavy (non-hydrogen) atoms. The molecule has 0 fully saturated rings. The first-order valence-electron chi connectivity index (χ1n) is 8.30. The van der Waals surface area contributed by atoms with Gasteiger partial charge in [0, 0.05) is 25.1 Å². The van der Waals surface area contributed by atoms with Crippen molar-refractivity contribution in [3.63, 3.8) is 0 Å². The molecule has 0 aliphatic carbocycles. The monoisotopic (exact) mass is 382 g/mol. The number of nitrogens with one attached hydrogen (secondary N) is 3. The molecule has 0 aromatic rings. The lowest BCUT2D eigenvalue weighted by atomic mass is 10.1. The van der Waals surface area contributed by atoms with E-state index in [1.54, 1.807) is 6.92 Å². The zero-order valence-corrected chi connectivity index (χ0v) is 14.9. The highest BCUT2D eigenvalue weighted by Gasteiger charge is 2.23. The molecule has 1 unspecified atom stereocenters. The summed E-state index contributed by atoms with van der Waals surface area (Å²) < 4.78 is 5.23. The van der Waals surface area contributed by atoms with E-state index < -0.39 is 35.6 Å². The summed E-state index contributed by atoms with van der Waals surface area (Å²) in [6.45, 7) is 2.06. The third-order valence-electron chi connectivity index (χ3n) is 3.49. The Bertz CT molecular complexity index is 614. The van der Waals surface area contributed by atoms with Crippen LogP contribution in [0.25, 0.3) is 0 Å². The topological polar surface area (TPSA) is 151 Å². The second-order valence-electron chi connectivity index (χ2n) is 5.43. The molecule has 1 aliphatic rings. The van der Waals surface area contributed by atoms with Gasteiger partial charge in [0.25, 0.3) is 11.8 Å². The largest absolute Gasteiger partial charge is 0.378 e. The smallest absolute Gasteiger partial charge is 0.253 e. The second kappa shape index (κ2) is 11.5. The average Bonchev–Trinajstić information content (AvgIpc) is 2.95. The van der Waals surface area contributed by atoms with E-state index in [4.69, 9.17) is 4.74 Å². The van der Waals surface area contributed by atoms with Crippen molar-refractivity contribution >= 4 is 35.9 Å². The van der Waals surface area contributed by atoms with Gasteiger partial charge in [-0.15, -0.1) is 0 Å². The quantitative estimate of drug-likeness (QED) is 0.193. The maximum Gasteiger partial charge on any atom is 0.253 e. The third-order valence-corrected chi connectivity index (χ3v) is 3.49. The Hall–Kier alpha value is -3.08. The van der Waals surface area contributed by atoms with E-state index in [1.807, 2.05) is 5.32 Å². The zero-order valence-electron chi connectivity index (χ0n) is 14.9. The number of amides is 6. The van der Waals surface area contributed by atoms with E-state index in [0.717, 1.165) is 4.90 Å². The van der Waals surface area contributed by atoms with Gasteiger partial charge in [0.1, 0.15) is 6.04 Å². The lowest BCUT2D eigenvalue weighted by molar-refractivity contribution is -0.137. The summed E-state index contributed by atoms with van der Waals surface area (Å²) in [4.78, 5) is 69.0. The molecule has 0 bridgehead atoms. The highest BCUT2D eigenvalue weighted by Crippen LogP contribution is 2.02. The molecule has 148 valence electrons. The second-order valence-corrected chi connectivity index (χ2v) is 5.43. The molecule has 1 atom stereocenters. The first-order chi connectivity index (χ1) is 12.9. The van der Waals surface area contributed by atoms with E-state index in [2.05, 4.69) is 10.6 Å². The van der Waals surface area contributed by atoms with E-state index in [0.29, 0.717) is 0 Å². The number of rotatable bonds is 12. The summed E-state index contributed by atoms with van der Waals surface area (Å²) >= 11 is 0. The van der Waals surface area contributed by atoms with Gasteiger partial charge in [0.05, 0.1) is 26.2 Å². The van der Waals surface area contributed by atoms with Crippen molar-refractivity contribution in [3.05, 3.63) is 12.2 Å². The summed E-state index contributed by atoms with van der Waals surface area (Å²) in [7, 11) is 0. The number of carbonyl (C=O) groups is 6. The van der Waals surface area contributed by atoms with Gasteiger partial charge < -0.3 is 15.4 Å². The van der Waals surface area contributed by atoms with Crippen LogP contribution in [0.3, 0.4) is 0 Å². The Morgan fingerprint density at radius 1 is 1.15 bits per heavy atom. The van der Waals surface area contributed by atoms with Crippen molar-refractivity contribution in [2.75, 3.05) is 26.3 Å². The predicted octanol–water partition coefficient (Wildman–Crippen LogP) is -2.40. The molecule has 11 nitrogen and oxygen atoms in total. The van der Waals surface area contributed by atoms with Crippen LogP contribution in [0.2, 0.25) is 0 Å². The number of nitrogens with zero attached hydrogens (tertiary/aromatic N) is 1. The van der Waals surface area contributed by atoms with Crippen molar-refractivity contribution in [1.82, 2.24) is 20.9 Å². The predicted molar refractivity (Wildman–Crippen MR) is 90.7 cm³/mol. The normalized spacial score (nSPS) is 14.0. The highest BCUT2D eigenvalue weighted by atomic mass is 16.5. The van der Waals surface area contributed by atoms with Crippen LogP contribution in [0, 0.1) is 0 Å². The van der Waals surface area contributed by atoms with Crippen molar-refractivity contribution in [3.8, 4) is 0 Å². The molecule has 3 N–H and O–H groups in total. The number of carbonyl (C=O) groups excluding carboxylic acids is 6. The van der Waals surface area contributed by atoms with E-state index in [1.165, 1.54) is 12.2 Å². The standard InChI is InChI=1S/C16H22N4O7/c1-2-12(22)19-11(16(26)18-10-21)9-13(23)17-5-7-27-8-6-20-14(24)3-4-15(20)25/h3-4,10-11H,2,5-9H2,1H3,(H,17,23)(H,19,22)(H,18,21,26). The SMILES string of the molecule is CCC(=O)NC(CC(=O)NCCOCCN1C(=O)C=CC1=O)C(=O)NC=O. The van der Waals surface area contributed by atoms with Gasteiger partial charge in [-0.05, 0) is 0 Å². The number of imide groups is 2. The lowest BCUT2D eigenvalue weighted by Gasteiger charge is -2.16. The highest BCUT2D eigenvalue weighted by molar-refractivity contribution is 6.12. The Kier molecular flexibility index (Phi) is 9.37. The zero-order chi connectivity index (χ0) is 20.2. The summed E-state index contributed by atoms with van der Waals surface area (Å²) in [6.07, 6.45) is 2.31. The molecule has 1 heterocycles. The Morgan fingerprint density at radius 2 is 1.81 bits per heavy atom. The van der Waals surface area contributed by atoms with Crippen LogP contribution in [0.15, 0.2) is 12.2 Å². The maximum absolute atomic E-state index is 11.9. The molecule has 0 spiro atoms. The van der Waals surface area contributed by atoms with Crippen molar-refractivity contribution in [2.45, 2.75) is 25.8 Å². The van der Waals surface area contributed by atoms with E-state index >= 15 is 0 Å². The van der Waals surface area contributed by atoms with Gasteiger partial charge in [0.2, 0.25) is 24.1 Å². The van der Waals surface area contributed by atoms with Crippen molar-refractivity contribution in [2.24, 2.45) is 0 Å². The molecule has 0 aromatic heterocycles. The van der Waals surface area contributed by atoms with Crippen molar-refractivity contribution in [1.29, 1.82) is 0 Å². The first-order valence-corrected chi connectivity index (χ1v) is 8.30. The van der Waals surface area contributed by atoms with Gasteiger partial charge >= 0.3 is 0 Å². The van der Waals surface area contributed by atoms with Crippen LogP contribution >= 0.6 is 0 Å². The molecule has 1 rings (SSSR count). The number of hydrogen-bond donors (Lipinski definition) is 3. The van der Waals surface area contributed by atoms with Crippen LogP contribution < -0.4 is 16.0 Å². The molecule has 6 amide bonds. The fraction of sp³-hybridized carbons (Fsp3) is 0.500. The minimum atomic E-state index is -1.16. The maximum atomic E-state index is 11.9. The van der Waals surface area contributed by atoms with Crippen LogP contribution in [-0.2, 0) is 33.5 Å². The summed E-state index contributed by atoms with van der Waals surface area (Å²) in [5.74, 6) is -2.53. The first kappa shape index (κ1) is 22.0. The molecule has 0 saturated heterocycles. The molecular formula is C16H22N4O7. The van der Waals surface area contributed by atoms with Crippen LogP contribution in [0.5, 0.6) is 0 Å². The number of ether oxygens (including phenoxy) is 1. The van der Waals surface area contributed by atoms with Gasteiger partial charge in [-0.25, -0.2) is 0 Å². The molecule has 0 saturated carbocycles. The Morgan fingerprint density at radius 3 is 2.41 bits per heavy atom. The fourth-order valence-corrected chi connectivity index (χ4v) is 2.09. The Labute approximate surface area is 155 Å². The van der Waals surface area contributed by atoms with E-state index in [9.17, 15) is 28.8 Å². The molecule has 11 heteroatoms. The third kappa shape index (κ3) is 7.77. The van der Waals surface area contributed by atoms with Crippen molar-refractivity contribution < 1.29 is 33.5 Å². The average molecular weight is 382 g/mol. The molecule has 0 aromatic carbocycles. The molecule has 0 radical (unpaired) electrons. The van der Waals surface area contributed by atoms with Gasteiger partial charge in [0.15, 0.2) is 0 Å². The van der Waals surface area contributed by atoms with Crippen LogP contribution in [0.1, 0.15) is 19.8 Å². The minimum absolute atomic E-state index is 0.107. The minimum Gasteiger partial charge on any atom is -0.378 e. The fourth-order valence-electron chi connectivity index (χ4n) is 2.09. The summed E-state index contributed by atoms with van der Waals surface area (Å²) in [6, 6.07) is -1.16. The lowest BCUT2D eigenvalue weighted by Crippen LogP contribution is -2.48. The summed E-state index contributed by atoms with van der Waals surface area (Å²) in [5.41, 5.74) is 0. The van der Waals surface area contributed by atoms with Gasteiger partial charge in [-0.2, -0.15) is 0 Å². The van der Waals surface area contributed by atoms with Gasteiger partial charge in [-0.1, -0.05) is 6.92 Å². The Balaban J connectivity index is 2.26. The molecular weight excluding hydrogens is 360 g/mol. The molecule has 1 aliphatic heterocycles.